The number of likely N-dealkylation sites (N-methyl/N-ethyl adjacent to an activating group) is 1. The van der Waals surface area contributed by atoms with Gasteiger partial charge >= 0.3 is 0 Å². The molecule has 0 aromatic rings. The van der Waals surface area contributed by atoms with Gasteiger partial charge in [0.2, 0.25) is 0 Å². The Morgan fingerprint density at radius 1 is 0.682 bits per heavy atom. The van der Waals surface area contributed by atoms with Crippen molar-refractivity contribution in [2.45, 2.75) is 12.2 Å². The molecule has 0 amide bonds. The van der Waals surface area contributed by atoms with E-state index in [4.69, 9.17) is 9.47 Å². The van der Waals surface area contributed by atoms with Gasteiger partial charge in [-0.15, -0.1) is 0 Å². The summed E-state index contributed by atoms with van der Waals surface area (Å²) >= 11 is 0. The van der Waals surface area contributed by atoms with Gasteiger partial charge in [0, 0.05) is 52.4 Å². The maximum Gasteiger partial charge on any atom is 0.0793 e. The fraction of sp³-hybridized carbons (Fsp3) is 1.00. The highest BCUT2D eigenvalue weighted by molar-refractivity contribution is 4.73. The molecule has 3 saturated heterocycles. The van der Waals surface area contributed by atoms with E-state index < -0.39 is 12.2 Å². The summed E-state index contributed by atoms with van der Waals surface area (Å²) in [5.41, 5.74) is 0. The molecule has 0 radical (unpaired) electrons. The lowest BCUT2D eigenvalue weighted by Gasteiger charge is -2.32. The van der Waals surface area contributed by atoms with Gasteiger partial charge in [-0.3, -0.25) is 9.80 Å². The molecule has 3 fully saturated rings. The molecule has 7 nitrogen and oxygen atoms in total. The summed E-state index contributed by atoms with van der Waals surface area (Å²) < 4.78 is 11.4. The van der Waals surface area contributed by atoms with Gasteiger partial charge in [-0.2, -0.15) is 0 Å². The van der Waals surface area contributed by atoms with E-state index in [1.165, 1.54) is 0 Å². The first-order valence-electron chi connectivity index (χ1n) is 8.28. The zero-order chi connectivity index (χ0) is 15.8. The van der Waals surface area contributed by atoms with Crippen LogP contribution in [-0.4, -0.2) is 123 Å². The van der Waals surface area contributed by atoms with Crippen LogP contribution >= 0.6 is 0 Å². The van der Waals surface area contributed by atoms with Gasteiger partial charge in [0.1, 0.15) is 0 Å². The Kier molecular flexibility index (Phi) is 8.02. The maximum absolute atomic E-state index is 10.3. The predicted octanol–water partition coefficient (Wildman–Crippen LogP) is -1.70. The predicted molar refractivity (Wildman–Crippen MR) is 84.0 cm³/mol. The number of hydrogen-bond acceptors (Lipinski definition) is 7. The van der Waals surface area contributed by atoms with Crippen molar-refractivity contribution in [2.75, 3.05) is 85.8 Å². The van der Waals surface area contributed by atoms with E-state index in [0.29, 0.717) is 52.6 Å². The number of ether oxygens (including phenoxy) is 2. The van der Waals surface area contributed by atoms with Gasteiger partial charge in [-0.25, -0.2) is 0 Å². The molecule has 0 saturated carbocycles. The summed E-state index contributed by atoms with van der Waals surface area (Å²) in [5, 5.41) is 20.5. The third-order valence-electron chi connectivity index (χ3n) is 4.19. The van der Waals surface area contributed by atoms with E-state index in [0.717, 1.165) is 26.2 Å². The molecule has 2 N–H and O–H groups in total. The minimum absolute atomic E-state index is 0.431. The molecule has 22 heavy (non-hydrogen) atoms. The van der Waals surface area contributed by atoms with Crippen molar-refractivity contribution < 1.29 is 19.7 Å². The highest BCUT2D eigenvalue weighted by Gasteiger charge is 2.19. The zero-order valence-corrected chi connectivity index (χ0v) is 13.7. The second-order valence-corrected chi connectivity index (χ2v) is 6.35. The van der Waals surface area contributed by atoms with E-state index in [1.807, 2.05) is 11.9 Å². The molecule has 0 aromatic heterocycles. The molecule has 0 aliphatic carbocycles. The summed E-state index contributed by atoms with van der Waals surface area (Å²) in [4.78, 5) is 6.40. The molecular formula is C15H31N3O4. The van der Waals surface area contributed by atoms with Crippen molar-refractivity contribution >= 4 is 0 Å². The lowest BCUT2D eigenvalue weighted by molar-refractivity contribution is -0.00371. The maximum atomic E-state index is 10.3. The summed E-state index contributed by atoms with van der Waals surface area (Å²) in [7, 11) is 1.95. The Labute approximate surface area is 133 Å². The number of fused-ring (bicyclic) bond motifs is 14. The lowest BCUT2D eigenvalue weighted by Crippen LogP contribution is -2.47. The molecule has 3 rings (SSSR count). The first kappa shape index (κ1) is 18.1. The average molecular weight is 317 g/mol. The van der Waals surface area contributed by atoms with Crippen molar-refractivity contribution in [2.24, 2.45) is 0 Å². The molecule has 3 heterocycles. The number of aliphatic hydroxyl groups is 2. The van der Waals surface area contributed by atoms with Gasteiger partial charge in [-0.05, 0) is 7.05 Å². The topological polar surface area (TPSA) is 68.6 Å². The van der Waals surface area contributed by atoms with Gasteiger partial charge in [0.15, 0.2) is 0 Å². The Hall–Kier alpha value is -0.280. The Morgan fingerprint density at radius 2 is 1.05 bits per heavy atom. The van der Waals surface area contributed by atoms with E-state index >= 15 is 0 Å². The van der Waals surface area contributed by atoms with Gasteiger partial charge in [-0.1, -0.05) is 0 Å². The normalized spacial score (nSPS) is 37.8. The van der Waals surface area contributed by atoms with Crippen LogP contribution in [0.15, 0.2) is 0 Å². The van der Waals surface area contributed by atoms with Crippen LogP contribution in [0.25, 0.3) is 0 Å². The SMILES string of the molecule is CN1C[C@@H](O)CN2CCOCCN(CCOCC2)C[C@H](O)C1. The van der Waals surface area contributed by atoms with Crippen LogP contribution in [0.3, 0.4) is 0 Å². The number of rotatable bonds is 0. The van der Waals surface area contributed by atoms with E-state index in [2.05, 4.69) is 9.80 Å². The monoisotopic (exact) mass is 317 g/mol. The second kappa shape index (κ2) is 9.77. The highest BCUT2D eigenvalue weighted by Crippen LogP contribution is 2.02. The third-order valence-corrected chi connectivity index (χ3v) is 4.19. The Morgan fingerprint density at radius 3 is 1.41 bits per heavy atom. The van der Waals surface area contributed by atoms with Crippen LogP contribution in [0.2, 0.25) is 0 Å². The molecular weight excluding hydrogens is 286 g/mol. The van der Waals surface area contributed by atoms with Crippen LogP contribution < -0.4 is 0 Å². The van der Waals surface area contributed by atoms with Gasteiger partial charge in [0.05, 0.1) is 38.6 Å². The van der Waals surface area contributed by atoms with Crippen LogP contribution in [0.1, 0.15) is 0 Å². The Balaban J connectivity index is 2.04. The number of nitrogens with zero attached hydrogens (tertiary/aromatic N) is 3. The van der Waals surface area contributed by atoms with E-state index in [1.54, 1.807) is 0 Å². The van der Waals surface area contributed by atoms with Gasteiger partial charge < -0.3 is 24.6 Å². The quantitative estimate of drug-likeness (QED) is 0.552. The minimum Gasteiger partial charge on any atom is -0.390 e. The summed E-state index contributed by atoms with van der Waals surface area (Å²) in [5.74, 6) is 0. The molecule has 0 unspecified atom stereocenters. The fourth-order valence-corrected chi connectivity index (χ4v) is 3.07. The smallest absolute Gasteiger partial charge is 0.0793 e. The third kappa shape index (κ3) is 6.87. The molecule has 130 valence electrons. The lowest BCUT2D eigenvalue weighted by atomic mass is 10.2. The zero-order valence-electron chi connectivity index (χ0n) is 13.7. The molecule has 0 aromatic carbocycles. The average Bonchev–Trinajstić information content (AvgIpc) is 2.42. The summed E-state index contributed by atoms with van der Waals surface area (Å²) in [6, 6.07) is 0. The molecule has 3 aliphatic rings. The van der Waals surface area contributed by atoms with Crippen molar-refractivity contribution in [1.29, 1.82) is 0 Å². The first-order chi connectivity index (χ1) is 10.6. The van der Waals surface area contributed by atoms with Crippen molar-refractivity contribution in [1.82, 2.24) is 14.7 Å². The van der Waals surface area contributed by atoms with E-state index in [9.17, 15) is 10.2 Å². The summed E-state index contributed by atoms with van der Waals surface area (Å²) in [6.07, 6.45) is -0.863. The fourth-order valence-electron chi connectivity index (χ4n) is 3.07. The van der Waals surface area contributed by atoms with Crippen LogP contribution in [0.5, 0.6) is 0 Å². The van der Waals surface area contributed by atoms with Gasteiger partial charge in [0.25, 0.3) is 0 Å². The van der Waals surface area contributed by atoms with E-state index in [-0.39, 0.29) is 0 Å². The van der Waals surface area contributed by atoms with Crippen molar-refractivity contribution in [3.05, 3.63) is 0 Å². The minimum atomic E-state index is -0.431. The molecule has 7 heteroatoms. The number of hydrogen-bond donors (Lipinski definition) is 2. The Bertz CT molecular complexity index is 269. The van der Waals surface area contributed by atoms with Crippen molar-refractivity contribution in [3.8, 4) is 0 Å². The van der Waals surface area contributed by atoms with Crippen LogP contribution in [0.4, 0.5) is 0 Å². The standard InChI is InChI=1S/C15H31N3O4/c1-16-10-14(19)12-17-2-6-21-8-4-18(13-15(20)11-16)5-9-22-7-3-17/h14-15,19-20H,2-13H2,1H3/t14-,15-/m1/s1. The molecule has 3 aliphatic heterocycles. The molecule has 0 spiro atoms. The largest absolute Gasteiger partial charge is 0.390 e. The van der Waals surface area contributed by atoms with Crippen LogP contribution in [0, 0.1) is 0 Å². The molecule has 2 bridgehead atoms. The summed E-state index contributed by atoms with van der Waals surface area (Å²) in [6.45, 7) is 8.26. The van der Waals surface area contributed by atoms with Crippen molar-refractivity contribution in [3.63, 3.8) is 0 Å². The number of aliphatic hydroxyl groups excluding tert-OH is 2. The molecule has 2 atom stereocenters. The first-order valence-corrected chi connectivity index (χ1v) is 8.28. The highest BCUT2D eigenvalue weighted by atomic mass is 16.5. The van der Waals surface area contributed by atoms with Crippen LogP contribution in [-0.2, 0) is 9.47 Å². The second-order valence-electron chi connectivity index (χ2n) is 6.35.